The average Bonchev–Trinajstić information content (AvgIpc) is 3.16. The molecule has 1 aliphatic carbocycles. The van der Waals surface area contributed by atoms with Crippen molar-refractivity contribution in [3.63, 3.8) is 0 Å². The van der Waals surface area contributed by atoms with Gasteiger partial charge in [-0.15, -0.1) is 0 Å². The topological polar surface area (TPSA) is 28.6 Å². The maximum Gasteiger partial charge on any atom is 0.139 e. The predicted octanol–water partition coefficient (Wildman–Crippen LogP) is 3.93. The Labute approximate surface area is 169 Å². The molecular weight excluding hydrogens is 358 g/mol. The summed E-state index contributed by atoms with van der Waals surface area (Å²) in [5.74, 6) is 8.75. The smallest absolute Gasteiger partial charge is 0.139 e. The highest BCUT2D eigenvalue weighted by atomic mass is 35.5. The Bertz CT molecular complexity index is 653. The Kier molecular flexibility index (Phi) is 7.81. The molecule has 1 saturated carbocycles. The molecule has 148 valence electrons. The molecule has 0 N–H and O–H groups in total. The van der Waals surface area contributed by atoms with Gasteiger partial charge in [0.05, 0.1) is 18.7 Å². The van der Waals surface area contributed by atoms with Crippen LogP contribution in [0.2, 0.25) is 5.15 Å². The minimum absolute atomic E-state index is 0.463. The summed E-state index contributed by atoms with van der Waals surface area (Å²) < 4.78 is 6.15. The molecule has 0 amide bonds. The van der Waals surface area contributed by atoms with Crippen LogP contribution in [0.5, 0.6) is 5.75 Å². The normalized spacial score (nSPS) is 23.3. The molecule has 27 heavy (non-hydrogen) atoms. The molecule has 1 saturated heterocycles. The van der Waals surface area contributed by atoms with Gasteiger partial charge in [-0.3, -0.25) is 4.90 Å². The summed E-state index contributed by atoms with van der Waals surface area (Å²) in [7, 11) is 4.32. The number of likely N-dealkylation sites (tertiary alicyclic amines) is 1. The fraction of sp³-hybridized carbons (Fsp3) is 0.682. The maximum absolute atomic E-state index is 6.15. The fourth-order valence-corrected chi connectivity index (χ4v) is 4.27. The number of hydrogen-bond acceptors (Lipinski definition) is 4. The number of hydrogen-bond donors (Lipinski definition) is 0. The summed E-state index contributed by atoms with van der Waals surface area (Å²) in [5.41, 5.74) is 0.847. The molecule has 2 fully saturated rings. The molecule has 3 rings (SSSR count). The van der Waals surface area contributed by atoms with Crippen LogP contribution in [0.3, 0.4) is 0 Å². The number of ether oxygens (including phenoxy) is 1. The lowest BCUT2D eigenvalue weighted by Crippen LogP contribution is -2.27. The van der Waals surface area contributed by atoms with Crippen LogP contribution in [0.1, 0.15) is 44.1 Å². The zero-order valence-electron chi connectivity index (χ0n) is 16.7. The lowest BCUT2D eigenvalue weighted by atomic mass is 9.82. The number of nitrogens with zero attached hydrogens (tertiary/aromatic N) is 3. The molecule has 2 heterocycles. The predicted molar refractivity (Wildman–Crippen MR) is 111 cm³/mol. The van der Waals surface area contributed by atoms with E-state index in [2.05, 4.69) is 40.7 Å². The van der Waals surface area contributed by atoms with Gasteiger partial charge in [0.15, 0.2) is 0 Å². The van der Waals surface area contributed by atoms with Gasteiger partial charge < -0.3 is 9.64 Å². The van der Waals surface area contributed by atoms with Crippen molar-refractivity contribution in [3.05, 3.63) is 23.0 Å². The maximum atomic E-state index is 6.15. The van der Waals surface area contributed by atoms with Gasteiger partial charge in [0.2, 0.25) is 0 Å². The van der Waals surface area contributed by atoms with Gasteiger partial charge in [-0.1, -0.05) is 23.4 Å². The highest BCUT2D eigenvalue weighted by Gasteiger charge is 2.22. The van der Waals surface area contributed by atoms with Crippen LogP contribution >= 0.6 is 11.6 Å². The summed E-state index contributed by atoms with van der Waals surface area (Å²) in [4.78, 5) is 8.88. The van der Waals surface area contributed by atoms with Gasteiger partial charge in [-0.2, -0.15) is 0 Å². The Hall–Kier alpha value is -1.28. The lowest BCUT2D eigenvalue weighted by Gasteiger charge is -2.30. The van der Waals surface area contributed by atoms with Gasteiger partial charge in [-0.05, 0) is 77.5 Å². The Morgan fingerprint density at radius 1 is 1.19 bits per heavy atom. The van der Waals surface area contributed by atoms with E-state index in [4.69, 9.17) is 16.3 Å². The first-order valence-corrected chi connectivity index (χ1v) is 10.6. The largest absolute Gasteiger partial charge is 0.492 e. The van der Waals surface area contributed by atoms with E-state index in [1.807, 2.05) is 0 Å². The Morgan fingerprint density at radius 3 is 2.59 bits per heavy atom. The summed E-state index contributed by atoms with van der Waals surface area (Å²) in [6, 6.07) is 1.80. The fourth-order valence-electron chi connectivity index (χ4n) is 4.12. The van der Waals surface area contributed by atoms with Crippen LogP contribution in [-0.2, 0) is 0 Å². The first kappa shape index (κ1) is 20.5. The van der Waals surface area contributed by atoms with Crippen molar-refractivity contribution in [3.8, 4) is 17.6 Å². The molecule has 1 aromatic heterocycles. The van der Waals surface area contributed by atoms with Crippen molar-refractivity contribution in [2.24, 2.45) is 11.8 Å². The summed E-state index contributed by atoms with van der Waals surface area (Å²) in [5, 5.41) is 0.463. The molecule has 5 heteroatoms. The zero-order valence-corrected chi connectivity index (χ0v) is 17.5. The van der Waals surface area contributed by atoms with E-state index in [1.165, 1.54) is 45.1 Å². The van der Waals surface area contributed by atoms with Crippen molar-refractivity contribution in [1.29, 1.82) is 0 Å². The van der Waals surface area contributed by atoms with Gasteiger partial charge in [0, 0.05) is 18.8 Å². The number of rotatable bonds is 6. The third-order valence-corrected chi connectivity index (χ3v) is 5.83. The number of halogens is 1. The van der Waals surface area contributed by atoms with E-state index in [0.29, 0.717) is 11.1 Å². The molecule has 1 aliphatic heterocycles. The summed E-state index contributed by atoms with van der Waals surface area (Å²) >= 11 is 6.09. The third-order valence-electron chi connectivity index (χ3n) is 5.62. The van der Waals surface area contributed by atoms with Crippen LogP contribution in [0.4, 0.5) is 0 Å². The van der Waals surface area contributed by atoms with E-state index in [9.17, 15) is 0 Å². The van der Waals surface area contributed by atoms with Crippen molar-refractivity contribution in [1.82, 2.24) is 14.8 Å². The molecule has 0 bridgehead atoms. The second kappa shape index (κ2) is 10.3. The van der Waals surface area contributed by atoms with Gasteiger partial charge in [0.1, 0.15) is 10.9 Å². The number of aromatic nitrogens is 1. The Morgan fingerprint density at radius 2 is 1.89 bits per heavy atom. The summed E-state index contributed by atoms with van der Waals surface area (Å²) in [6.45, 7) is 5.08. The van der Waals surface area contributed by atoms with Crippen molar-refractivity contribution in [2.75, 3.05) is 46.9 Å². The minimum atomic E-state index is 0.463. The SMILES string of the molecule is CN(C)CC1CCC(COc2cc(Cl)ncc2C#CCN2CCCC2)CC1. The molecule has 0 radical (unpaired) electrons. The zero-order chi connectivity index (χ0) is 19.1. The van der Waals surface area contributed by atoms with E-state index in [-0.39, 0.29) is 0 Å². The molecule has 0 unspecified atom stereocenters. The molecule has 0 aromatic carbocycles. The molecule has 2 aliphatic rings. The van der Waals surface area contributed by atoms with E-state index >= 15 is 0 Å². The highest BCUT2D eigenvalue weighted by molar-refractivity contribution is 6.29. The first-order valence-electron chi connectivity index (χ1n) is 10.2. The van der Waals surface area contributed by atoms with Crippen LogP contribution in [0, 0.1) is 23.7 Å². The lowest BCUT2D eigenvalue weighted by molar-refractivity contribution is 0.166. The van der Waals surface area contributed by atoms with Gasteiger partial charge in [-0.25, -0.2) is 4.98 Å². The molecule has 0 atom stereocenters. The van der Waals surface area contributed by atoms with Crippen LogP contribution in [0.25, 0.3) is 0 Å². The third kappa shape index (κ3) is 6.68. The second-order valence-corrected chi connectivity index (χ2v) is 8.64. The van der Waals surface area contributed by atoms with Gasteiger partial charge in [0.25, 0.3) is 0 Å². The number of pyridine rings is 1. The minimum Gasteiger partial charge on any atom is -0.492 e. The molecular formula is C22H32ClN3O. The van der Waals surface area contributed by atoms with Crippen LogP contribution in [0.15, 0.2) is 12.3 Å². The monoisotopic (exact) mass is 389 g/mol. The summed E-state index contributed by atoms with van der Waals surface area (Å²) in [6.07, 6.45) is 9.39. The highest BCUT2D eigenvalue weighted by Crippen LogP contribution is 2.30. The van der Waals surface area contributed by atoms with Crippen molar-refractivity contribution < 1.29 is 4.74 Å². The van der Waals surface area contributed by atoms with Crippen LogP contribution < -0.4 is 4.74 Å². The van der Waals surface area contributed by atoms with Crippen LogP contribution in [-0.4, -0.2) is 61.7 Å². The Balaban J connectivity index is 1.52. The van der Waals surface area contributed by atoms with E-state index in [0.717, 1.165) is 43.5 Å². The van der Waals surface area contributed by atoms with Gasteiger partial charge >= 0.3 is 0 Å². The standard InChI is InChI=1S/C22H32ClN3O/c1-25(2)16-18-7-9-19(10-8-18)17-27-21-14-22(23)24-15-20(21)6-5-13-26-11-3-4-12-26/h14-15,18-19H,3-4,7-13,16-17H2,1-2H3. The van der Waals surface area contributed by atoms with Crippen molar-refractivity contribution >= 4 is 11.6 Å². The second-order valence-electron chi connectivity index (χ2n) is 8.25. The first-order chi connectivity index (χ1) is 13.1. The van der Waals surface area contributed by atoms with Crippen molar-refractivity contribution in [2.45, 2.75) is 38.5 Å². The van der Waals surface area contributed by atoms with E-state index < -0.39 is 0 Å². The molecule has 1 aromatic rings. The quantitative estimate of drug-likeness (QED) is 0.544. The van der Waals surface area contributed by atoms with E-state index in [1.54, 1.807) is 12.3 Å². The average molecular weight is 390 g/mol. The molecule has 4 nitrogen and oxygen atoms in total. The molecule has 0 spiro atoms.